The van der Waals surface area contributed by atoms with Gasteiger partial charge in [0.15, 0.2) is 0 Å². The predicted molar refractivity (Wildman–Crippen MR) is 91.9 cm³/mol. The Balaban J connectivity index is 1.91. The molecule has 126 valence electrons. The molecule has 0 bridgehead atoms. The first kappa shape index (κ1) is 17.7. The molecule has 1 N–H and O–H groups in total. The van der Waals surface area contributed by atoms with Crippen molar-refractivity contribution in [3.8, 4) is 5.75 Å². The van der Waals surface area contributed by atoms with Gasteiger partial charge in [0.05, 0.1) is 22.1 Å². The Hall–Kier alpha value is -2.60. The Morgan fingerprint density at radius 2 is 2.00 bits per heavy atom. The van der Waals surface area contributed by atoms with Crippen LogP contribution in [0.15, 0.2) is 36.4 Å². The fourth-order valence-electron chi connectivity index (χ4n) is 2.18. The van der Waals surface area contributed by atoms with E-state index < -0.39 is 10.8 Å². The number of carbonyl (C=O) groups is 1. The minimum atomic E-state index is -0.573. The molecule has 0 saturated carbocycles. The maximum absolute atomic E-state index is 12.1. The van der Waals surface area contributed by atoms with E-state index in [4.69, 9.17) is 16.3 Å². The first-order valence-corrected chi connectivity index (χ1v) is 7.68. The topological polar surface area (TPSA) is 81.5 Å². The van der Waals surface area contributed by atoms with Crippen molar-refractivity contribution in [2.45, 2.75) is 13.8 Å². The van der Waals surface area contributed by atoms with E-state index in [1.54, 1.807) is 0 Å². The number of hydrogen-bond donors (Lipinski definition) is 1. The number of nitrogens with one attached hydrogen (secondary N) is 1. The number of amides is 1. The summed E-state index contributed by atoms with van der Waals surface area (Å²) in [6, 6.07) is 9.58. The van der Waals surface area contributed by atoms with Crippen molar-refractivity contribution >= 4 is 23.2 Å². The third kappa shape index (κ3) is 4.45. The highest BCUT2D eigenvalue weighted by Gasteiger charge is 2.15. The summed E-state index contributed by atoms with van der Waals surface area (Å²) in [5, 5.41) is 13.6. The van der Waals surface area contributed by atoms with E-state index in [1.165, 1.54) is 12.1 Å². The van der Waals surface area contributed by atoms with Crippen molar-refractivity contribution in [2.24, 2.45) is 0 Å². The van der Waals surface area contributed by atoms with Crippen molar-refractivity contribution < 1.29 is 14.5 Å². The summed E-state index contributed by atoms with van der Waals surface area (Å²) in [5.41, 5.74) is 2.05. The van der Waals surface area contributed by atoms with Gasteiger partial charge in [0.25, 0.3) is 11.6 Å². The molecule has 0 heterocycles. The van der Waals surface area contributed by atoms with Crippen LogP contribution < -0.4 is 10.1 Å². The summed E-state index contributed by atoms with van der Waals surface area (Å²) in [4.78, 5) is 22.3. The van der Waals surface area contributed by atoms with Crippen molar-refractivity contribution in [3.63, 3.8) is 0 Å². The number of carbonyl (C=O) groups excluding carboxylic acids is 1. The van der Waals surface area contributed by atoms with E-state index in [-0.39, 0.29) is 29.4 Å². The highest BCUT2D eigenvalue weighted by molar-refractivity contribution is 6.33. The lowest BCUT2D eigenvalue weighted by atomic mass is 10.1. The molecule has 0 saturated heterocycles. The number of benzene rings is 2. The zero-order valence-electron chi connectivity index (χ0n) is 13.3. The summed E-state index contributed by atoms with van der Waals surface area (Å²) >= 11 is 5.93. The lowest BCUT2D eigenvalue weighted by Gasteiger charge is -2.11. The Morgan fingerprint density at radius 1 is 1.25 bits per heavy atom. The standard InChI is InChI=1S/C17H17ClN2O4/c1-11-3-6-16(12(2)9-11)24-8-7-19-17(21)14-10-13(20(22)23)4-5-15(14)18/h3-6,9-10H,7-8H2,1-2H3,(H,19,21). The average Bonchev–Trinajstić information content (AvgIpc) is 2.53. The molecular formula is C17H17ClN2O4. The van der Waals surface area contributed by atoms with E-state index in [0.717, 1.165) is 22.9 Å². The SMILES string of the molecule is Cc1ccc(OCCNC(=O)c2cc([N+](=O)[O-])ccc2Cl)c(C)c1. The number of ether oxygens (including phenoxy) is 1. The lowest BCUT2D eigenvalue weighted by Crippen LogP contribution is -2.28. The molecule has 7 heteroatoms. The number of nitro benzene ring substituents is 1. The third-order valence-corrected chi connectivity index (χ3v) is 3.71. The highest BCUT2D eigenvalue weighted by Crippen LogP contribution is 2.22. The summed E-state index contributed by atoms with van der Waals surface area (Å²) in [7, 11) is 0. The van der Waals surface area contributed by atoms with Crippen molar-refractivity contribution in [1.29, 1.82) is 0 Å². The van der Waals surface area contributed by atoms with E-state index in [9.17, 15) is 14.9 Å². The Kier molecular flexibility index (Phi) is 5.76. The van der Waals surface area contributed by atoms with Crippen molar-refractivity contribution in [2.75, 3.05) is 13.2 Å². The van der Waals surface area contributed by atoms with Gasteiger partial charge < -0.3 is 10.1 Å². The van der Waals surface area contributed by atoms with Gasteiger partial charge in [-0.2, -0.15) is 0 Å². The second-order valence-corrected chi connectivity index (χ2v) is 5.70. The summed E-state index contributed by atoms with van der Waals surface area (Å²) < 4.78 is 5.61. The molecule has 6 nitrogen and oxygen atoms in total. The van der Waals surface area contributed by atoms with Gasteiger partial charge in [0.1, 0.15) is 12.4 Å². The quantitative estimate of drug-likeness (QED) is 0.490. The van der Waals surface area contributed by atoms with Crippen LogP contribution in [-0.4, -0.2) is 24.0 Å². The maximum Gasteiger partial charge on any atom is 0.270 e. The summed E-state index contributed by atoms with van der Waals surface area (Å²) in [6.07, 6.45) is 0. The molecular weight excluding hydrogens is 332 g/mol. The molecule has 0 aliphatic heterocycles. The Morgan fingerprint density at radius 3 is 2.67 bits per heavy atom. The van der Waals surface area contributed by atoms with Crippen LogP contribution in [0.5, 0.6) is 5.75 Å². The first-order valence-electron chi connectivity index (χ1n) is 7.30. The average molecular weight is 349 g/mol. The number of non-ortho nitro benzene ring substituents is 1. The molecule has 2 rings (SSSR count). The lowest BCUT2D eigenvalue weighted by molar-refractivity contribution is -0.384. The van der Waals surface area contributed by atoms with Crippen LogP contribution in [-0.2, 0) is 0 Å². The zero-order chi connectivity index (χ0) is 17.7. The molecule has 0 fully saturated rings. The number of aryl methyl sites for hydroxylation is 2. The van der Waals surface area contributed by atoms with Crippen LogP contribution in [0.4, 0.5) is 5.69 Å². The highest BCUT2D eigenvalue weighted by atomic mass is 35.5. The molecule has 0 unspecified atom stereocenters. The minimum absolute atomic E-state index is 0.0670. The minimum Gasteiger partial charge on any atom is -0.491 e. The van der Waals surface area contributed by atoms with Crippen LogP contribution in [0.25, 0.3) is 0 Å². The van der Waals surface area contributed by atoms with Crippen molar-refractivity contribution in [3.05, 3.63) is 68.2 Å². The summed E-state index contributed by atoms with van der Waals surface area (Å²) in [5.74, 6) is 0.274. The van der Waals surface area contributed by atoms with Crippen LogP contribution in [0, 0.1) is 24.0 Å². The first-order chi connectivity index (χ1) is 11.4. The van der Waals surface area contributed by atoms with E-state index in [1.807, 2.05) is 32.0 Å². The Labute approximate surface area is 144 Å². The van der Waals surface area contributed by atoms with Gasteiger partial charge in [-0.1, -0.05) is 29.3 Å². The van der Waals surface area contributed by atoms with Gasteiger partial charge in [-0.15, -0.1) is 0 Å². The van der Waals surface area contributed by atoms with Gasteiger partial charge in [0, 0.05) is 12.1 Å². The smallest absolute Gasteiger partial charge is 0.270 e. The molecule has 0 atom stereocenters. The monoisotopic (exact) mass is 348 g/mol. The number of hydrogen-bond acceptors (Lipinski definition) is 4. The van der Waals surface area contributed by atoms with Crippen LogP contribution in [0.1, 0.15) is 21.5 Å². The van der Waals surface area contributed by atoms with Gasteiger partial charge in [0.2, 0.25) is 0 Å². The molecule has 1 amide bonds. The fraction of sp³-hybridized carbons (Fsp3) is 0.235. The molecule has 2 aromatic carbocycles. The summed E-state index contributed by atoms with van der Waals surface area (Å²) in [6.45, 7) is 4.48. The molecule has 0 radical (unpaired) electrons. The number of rotatable bonds is 6. The predicted octanol–water partition coefficient (Wildman–Crippen LogP) is 3.67. The van der Waals surface area contributed by atoms with Crippen molar-refractivity contribution in [1.82, 2.24) is 5.32 Å². The Bertz CT molecular complexity index is 777. The van der Waals surface area contributed by atoms with Gasteiger partial charge >= 0.3 is 0 Å². The molecule has 0 aliphatic rings. The second-order valence-electron chi connectivity index (χ2n) is 5.29. The second kappa shape index (κ2) is 7.79. The van der Waals surface area contributed by atoms with E-state index in [2.05, 4.69) is 5.32 Å². The molecule has 0 aromatic heterocycles. The zero-order valence-corrected chi connectivity index (χ0v) is 14.1. The van der Waals surface area contributed by atoms with Gasteiger partial charge in [-0.05, 0) is 31.5 Å². The van der Waals surface area contributed by atoms with Crippen LogP contribution in [0.3, 0.4) is 0 Å². The molecule has 24 heavy (non-hydrogen) atoms. The molecule has 0 aliphatic carbocycles. The normalized spacial score (nSPS) is 10.3. The van der Waals surface area contributed by atoms with Gasteiger partial charge in [-0.3, -0.25) is 14.9 Å². The largest absolute Gasteiger partial charge is 0.491 e. The van der Waals surface area contributed by atoms with Crippen LogP contribution in [0.2, 0.25) is 5.02 Å². The fourth-order valence-corrected chi connectivity index (χ4v) is 2.39. The van der Waals surface area contributed by atoms with Crippen LogP contribution >= 0.6 is 11.6 Å². The van der Waals surface area contributed by atoms with E-state index in [0.29, 0.717) is 0 Å². The van der Waals surface area contributed by atoms with Gasteiger partial charge in [-0.25, -0.2) is 0 Å². The maximum atomic E-state index is 12.1. The molecule has 2 aromatic rings. The number of nitro groups is 1. The third-order valence-electron chi connectivity index (χ3n) is 3.38. The number of nitrogens with zero attached hydrogens (tertiary/aromatic N) is 1. The van der Waals surface area contributed by atoms with E-state index >= 15 is 0 Å². The molecule has 0 spiro atoms. The number of halogens is 1.